The molecule has 1 fully saturated rings. The third kappa shape index (κ3) is 2.08. The Hall–Kier alpha value is -1.55. The van der Waals surface area contributed by atoms with Crippen LogP contribution in [0.5, 0.6) is 0 Å². The van der Waals surface area contributed by atoms with Gasteiger partial charge in [0.15, 0.2) is 6.23 Å². The van der Waals surface area contributed by atoms with Crippen molar-refractivity contribution in [3.8, 4) is 0 Å². The summed E-state index contributed by atoms with van der Waals surface area (Å²) < 4.78 is 6.15. The Kier molecular flexibility index (Phi) is 3.57. The zero-order valence-electron chi connectivity index (χ0n) is 9.59. The lowest BCUT2D eigenvalue weighted by Gasteiger charge is -2.16. The summed E-state index contributed by atoms with van der Waals surface area (Å²) in [5.74, 6) is 0.142. The Balaban J connectivity index is 2.30. The monoisotopic (exact) mass is 258 g/mol. The van der Waals surface area contributed by atoms with Crippen LogP contribution in [0.15, 0.2) is 11.1 Å². The van der Waals surface area contributed by atoms with Crippen LogP contribution in [0.4, 0.5) is 5.95 Å². The van der Waals surface area contributed by atoms with Gasteiger partial charge in [-0.2, -0.15) is 4.98 Å². The van der Waals surface area contributed by atoms with E-state index in [2.05, 4.69) is 15.3 Å². The molecule has 1 aliphatic heterocycles. The smallest absolute Gasteiger partial charge is 0.354 e. The molecule has 1 saturated heterocycles. The van der Waals surface area contributed by atoms with Crippen LogP contribution in [0, 0.1) is 0 Å². The number of aliphatic hydroxyl groups is 3. The van der Waals surface area contributed by atoms with Gasteiger partial charge in [-0.3, -0.25) is 4.57 Å². The van der Waals surface area contributed by atoms with Crippen LogP contribution < -0.4 is 11.0 Å². The summed E-state index contributed by atoms with van der Waals surface area (Å²) >= 11 is 0. The second-order valence-corrected chi connectivity index (χ2v) is 3.85. The number of nitrogens with one attached hydrogen (secondary N) is 1. The lowest BCUT2D eigenvalue weighted by molar-refractivity contribution is -0.0554. The van der Waals surface area contributed by atoms with Gasteiger partial charge in [0.2, 0.25) is 5.95 Å². The number of rotatable bonds is 3. The maximum Gasteiger partial charge on any atom is 0.354 e. The molecule has 4 unspecified atom stereocenters. The van der Waals surface area contributed by atoms with E-state index < -0.39 is 36.8 Å². The second kappa shape index (κ2) is 4.98. The highest BCUT2D eigenvalue weighted by Gasteiger charge is 2.43. The zero-order chi connectivity index (χ0) is 13.3. The topological polar surface area (TPSA) is 130 Å². The predicted molar refractivity (Wildman–Crippen MR) is 58.8 cm³/mol. The molecule has 9 nitrogen and oxygen atoms in total. The molecule has 9 heteroatoms. The number of hydrogen-bond donors (Lipinski definition) is 4. The molecule has 1 aromatic heterocycles. The number of anilines is 1. The van der Waals surface area contributed by atoms with E-state index >= 15 is 0 Å². The molecule has 4 atom stereocenters. The lowest BCUT2D eigenvalue weighted by Crippen LogP contribution is -2.36. The molecule has 2 heterocycles. The van der Waals surface area contributed by atoms with Gasteiger partial charge in [-0.25, -0.2) is 9.78 Å². The van der Waals surface area contributed by atoms with Crippen LogP contribution >= 0.6 is 0 Å². The summed E-state index contributed by atoms with van der Waals surface area (Å²) in [6.45, 7) is -0.459. The molecule has 0 aromatic carbocycles. The molecule has 18 heavy (non-hydrogen) atoms. The standard InChI is InChI=1S/C9H14N4O5/c1-10-8-11-3-13(9(17)12-8)7-6(16)5(15)4(2-14)18-7/h3-7,14-16H,2H2,1H3,(H,10,12,17). The third-order valence-corrected chi connectivity index (χ3v) is 2.74. The summed E-state index contributed by atoms with van der Waals surface area (Å²) in [5, 5.41) is 30.9. The van der Waals surface area contributed by atoms with Crippen molar-refractivity contribution >= 4 is 5.95 Å². The van der Waals surface area contributed by atoms with Gasteiger partial charge in [0.25, 0.3) is 0 Å². The van der Waals surface area contributed by atoms with Gasteiger partial charge in [-0.15, -0.1) is 0 Å². The molecule has 4 N–H and O–H groups in total. The Labute approximate surface area is 102 Å². The van der Waals surface area contributed by atoms with E-state index in [-0.39, 0.29) is 5.95 Å². The van der Waals surface area contributed by atoms with Crippen molar-refractivity contribution in [3.63, 3.8) is 0 Å². The van der Waals surface area contributed by atoms with Gasteiger partial charge in [0, 0.05) is 7.05 Å². The largest absolute Gasteiger partial charge is 0.394 e. The van der Waals surface area contributed by atoms with E-state index in [0.29, 0.717) is 0 Å². The average Bonchev–Trinajstić information content (AvgIpc) is 2.66. The Bertz CT molecular complexity index is 478. The third-order valence-electron chi connectivity index (χ3n) is 2.74. The first kappa shape index (κ1) is 12.9. The second-order valence-electron chi connectivity index (χ2n) is 3.85. The van der Waals surface area contributed by atoms with E-state index in [9.17, 15) is 15.0 Å². The van der Waals surface area contributed by atoms with Gasteiger partial charge >= 0.3 is 5.69 Å². The summed E-state index contributed by atoms with van der Waals surface area (Å²) in [4.78, 5) is 19.1. The van der Waals surface area contributed by atoms with Gasteiger partial charge in [-0.05, 0) is 0 Å². The van der Waals surface area contributed by atoms with E-state index in [1.807, 2.05) is 0 Å². The molecular formula is C9H14N4O5. The maximum absolute atomic E-state index is 11.7. The molecule has 2 rings (SSSR count). The van der Waals surface area contributed by atoms with Crippen LogP contribution in [0.1, 0.15) is 6.23 Å². The van der Waals surface area contributed by atoms with Crippen molar-refractivity contribution in [2.45, 2.75) is 24.5 Å². The summed E-state index contributed by atoms with van der Waals surface area (Å²) in [7, 11) is 1.56. The molecule has 1 aliphatic rings. The normalized spacial score (nSPS) is 31.6. The molecule has 0 saturated carbocycles. The summed E-state index contributed by atoms with van der Waals surface area (Å²) in [5.41, 5.74) is -0.677. The summed E-state index contributed by atoms with van der Waals surface area (Å²) in [6.07, 6.45) is -3.50. The van der Waals surface area contributed by atoms with Gasteiger partial charge in [-0.1, -0.05) is 0 Å². The molecule has 0 radical (unpaired) electrons. The van der Waals surface area contributed by atoms with Gasteiger partial charge in [0.05, 0.1) is 6.61 Å². The minimum atomic E-state index is -1.33. The first-order chi connectivity index (χ1) is 8.58. The highest BCUT2D eigenvalue weighted by molar-refractivity contribution is 5.18. The van der Waals surface area contributed by atoms with Crippen molar-refractivity contribution in [3.05, 3.63) is 16.8 Å². The predicted octanol–water partition coefficient (Wildman–Crippen LogP) is -2.71. The van der Waals surface area contributed by atoms with Crippen molar-refractivity contribution in [2.24, 2.45) is 0 Å². The number of hydrogen-bond acceptors (Lipinski definition) is 8. The SMILES string of the molecule is CNc1ncn(C2OC(CO)C(O)C2O)c(=O)n1. The van der Waals surface area contributed by atoms with Crippen molar-refractivity contribution < 1.29 is 20.1 Å². The Morgan fingerprint density at radius 3 is 2.72 bits per heavy atom. The lowest BCUT2D eigenvalue weighted by atomic mass is 10.1. The number of ether oxygens (including phenoxy) is 1. The highest BCUT2D eigenvalue weighted by Crippen LogP contribution is 2.27. The van der Waals surface area contributed by atoms with Crippen LogP contribution in [-0.2, 0) is 4.74 Å². The van der Waals surface area contributed by atoms with Gasteiger partial charge in [0.1, 0.15) is 24.6 Å². The van der Waals surface area contributed by atoms with Crippen molar-refractivity contribution in [1.29, 1.82) is 0 Å². The minimum absolute atomic E-state index is 0.142. The first-order valence-electron chi connectivity index (χ1n) is 5.34. The van der Waals surface area contributed by atoms with E-state index in [4.69, 9.17) is 9.84 Å². The van der Waals surface area contributed by atoms with Crippen LogP contribution in [0.2, 0.25) is 0 Å². The minimum Gasteiger partial charge on any atom is -0.394 e. The average molecular weight is 258 g/mol. The number of nitrogens with zero attached hydrogens (tertiary/aromatic N) is 3. The first-order valence-corrected chi connectivity index (χ1v) is 5.34. The van der Waals surface area contributed by atoms with Crippen LogP contribution in [0.3, 0.4) is 0 Å². The maximum atomic E-state index is 11.7. The fourth-order valence-corrected chi connectivity index (χ4v) is 1.75. The molecule has 100 valence electrons. The molecule has 0 aliphatic carbocycles. The van der Waals surface area contributed by atoms with Gasteiger partial charge < -0.3 is 25.4 Å². The quantitative estimate of drug-likeness (QED) is 0.460. The molecule has 0 amide bonds. The van der Waals surface area contributed by atoms with Crippen molar-refractivity contribution in [1.82, 2.24) is 14.5 Å². The fraction of sp³-hybridized carbons (Fsp3) is 0.667. The van der Waals surface area contributed by atoms with E-state index in [1.54, 1.807) is 7.05 Å². The Morgan fingerprint density at radius 2 is 2.22 bits per heavy atom. The van der Waals surface area contributed by atoms with Crippen LogP contribution in [0.25, 0.3) is 0 Å². The molecule has 0 spiro atoms. The number of aromatic nitrogens is 3. The molecule has 1 aromatic rings. The molecular weight excluding hydrogens is 244 g/mol. The van der Waals surface area contributed by atoms with E-state index in [1.165, 1.54) is 0 Å². The van der Waals surface area contributed by atoms with E-state index in [0.717, 1.165) is 10.9 Å². The van der Waals surface area contributed by atoms with Crippen LogP contribution in [-0.4, -0.2) is 61.8 Å². The van der Waals surface area contributed by atoms with Crippen molar-refractivity contribution in [2.75, 3.05) is 19.0 Å². The highest BCUT2D eigenvalue weighted by atomic mass is 16.6. The summed E-state index contributed by atoms with van der Waals surface area (Å²) in [6, 6.07) is 0. The Morgan fingerprint density at radius 1 is 1.50 bits per heavy atom. The fourth-order valence-electron chi connectivity index (χ4n) is 1.75. The number of aliphatic hydroxyl groups excluding tert-OH is 3. The zero-order valence-corrected chi connectivity index (χ0v) is 9.59. The molecule has 0 bridgehead atoms.